The molecule has 0 spiro atoms. The summed E-state index contributed by atoms with van der Waals surface area (Å²) in [4.78, 5) is 25.8. The van der Waals surface area contributed by atoms with E-state index in [9.17, 15) is 20.0 Å². The van der Waals surface area contributed by atoms with Gasteiger partial charge in [0.2, 0.25) is 0 Å². The summed E-state index contributed by atoms with van der Waals surface area (Å²) in [6.45, 7) is 0. The molecule has 0 saturated heterocycles. The fourth-order valence-corrected chi connectivity index (χ4v) is 1.53. The Morgan fingerprint density at radius 2 is 2.10 bits per heavy atom. The molecule has 0 aliphatic heterocycles. The molecule has 2 rings (SSSR count). The van der Waals surface area contributed by atoms with Crippen LogP contribution in [0.5, 0.6) is 5.75 Å². The van der Waals surface area contributed by atoms with Gasteiger partial charge in [-0.2, -0.15) is 0 Å². The number of nitro groups is 1. The van der Waals surface area contributed by atoms with Gasteiger partial charge in [0, 0.05) is 6.07 Å². The standard InChI is InChI=1S/C12H10N4O4/c13-7-4-5-8(14-6-7)12(18)15-11-9(16(19)20)2-1-3-10(11)17/h1-6,17H,13H2,(H,15,18). The second kappa shape index (κ2) is 5.22. The number of para-hydroxylation sites is 1. The Balaban J connectivity index is 2.32. The monoisotopic (exact) mass is 274 g/mol. The van der Waals surface area contributed by atoms with Crippen molar-refractivity contribution in [2.24, 2.45) is 0 Å². The molecule has 0 aliphatic carbocycles. The second-order valence-corrected chi connectivity index (χ2v) is 3.86. The number of hydrogen-bond acceptors (Lipinski definition) is 6. The van der Waals surface area contributed by atoms with Crippen LogP contribution in [0.15, 0.2) is 36.5 Å². The molecule has 1 aromatic carbocycles. The number of amides is 1. The molecule has 102 valence electrons. The Labute approximate surface area is 113 Å². The number of phenols is 1. The van der Waals surface area contributed by atoms with E-state index >= 15 is 0 Å². The number of rotatable bonds is 3. The van der Waals surface area contributed by atoms with Crippen molar-refractivity contribution in [1.82, 2.24) is 4.98 Å². The van der Waals surface area contributed by atoms with Gasteiger partial charge in [0.25, 0.3) is 11.6 Å². The molecule has 0 bridgehead atoms. The zero-order valence-electron chi connectivity index (χ0n) is 10.1. The first-order valence-electron chi connectivity index (χ1n) is 5.48. The molecule has 2 aromatic rings. The summed E-state index contributed by atoms with van der Waals surface area (Å²) in [5.41, 5.74) is 5.17. The van der Waals surface area contributed by atoms with Gasteiger partial charge in [-0.3, -0.25) is 14.9 Å². The van der Waals surface area contributed by atoms with Gasteiger partial charge in [-0.15, -0.1) is 0 Å². The van der Waals surface area contributed by atoms with E-state index < -0.39 is 22.3 Å². The molecular formula is C12H10N4O4. The van der Waals surface area contributed by atoms with E-state index in [0.29, 0.717) is 5.69 Å². The first-order valence-corrected chi connectivity index (χ1v) is 5.48. The lowest BCUT2D eigenvalue weighted by Gasteiger charge is -2.07. The maximum Gasteiger partial charge on any atom is 0.296 e. The lowest BCUT2D eigenvalue weighted by molar-refractivity contribution is -0.384. The molecule has 4 N–H and O–H groups in total. The van der Waals surface area contributed by atoms with E-state index in [1.807, 2.05) is 0 Å². The van der Waals surface area contributed by atoms with E-state index in [4.69, 9.17) is 5.73 Å². The highest BCUT2D eigenvalue weighted by atomic mass is 16.6. The molecule has 0 unspecified atom stereocenters. The fourth-order valence-electron chi connectivity index (χ4n) is 1.53. The number of anilines is 2. The quantitative estimate of drug-likeness (QED) is 0.441. The highest BCUT2D eigenvalue weighted by Crippen LogP contribution is 2.33. The normalized spacial score (nSPS) is 10.0. The number of hydrogen-bond donors (Lipinski definition) is 3. The Morgan fingerprint density at radius 3 is 2.70 bits per heavy atom. The van der Waals surface area contributed by atoms with Crippen molar-refractivity contribution in [2.45, 2.75) is 0 Å². The van der Waals surface area contributed by atoms with Gasteiger partial charge >= 0.3 is 0 Å². The number of nitrogens with one attached hydrogen (secondary N) is 1. The first kappa shape index (κ1) is 13.3. The van der Waals surface area contributed by atoms with Crippen molar-refractivity contribution in [2.75, 3.05) is 11.1 Å². The van der Waals surface area contributed by atoms with Crippen LogP contribution in [0.2, 0.25) is 0 Å². The van der Waals surface area contributed by atoms with Crippen LogP contribution in [-0.2, 0) is 0 Å². The van der Waals surface area contributed by atoms with Crippen molar-refractivity contribution < 1.29 is 14.8 Å². The number of carbonyl (C=O) groups is 1. The molecule has 0 saturated carbocycles. The van der Waals surface area contributed by atoms with Gasteiger partial charge in [0.1, 0.15) is 11.4 Å². The number of phenolic OH excluding ortho intramolecular Hbond substituents is 1. The second-order valence-electron chi connectivity index (χ2n) is 3.86. The summed E-state index contributed by atoms with van der Waals surface area (Å²) in [7, 11) is 0. The molecule has 0 aliphatic rings. The largest absolute Gasteiger partial charge is 0.505 e. The summed E-state index contributed by atoms with van der Waals surface area (Å²) in [6, 6.07) is 6.56. The van der Waals surface area contributed by atoms with Crippen LogP contribution in [0.3, 0.4) is 0 Å². The Bertz CT molecular complexity index is 670. The predicted molar refractivity (Wildman–Crippen MR) is 71.4 cm³/mol. The van der Waals surface area contributed by atoms with E-state index in [1.165, 1.54) is 36.5 Å². The number of nitro benzene ring substituents is 1. The minimum Gasteiger partial charge on any atom is -0.505 e. The number of pyridine rings is 1. The third-order valence-corrected chi connectivity index (χ3v) is 2.47. The summed E-state index contributed by atoms with van der Waals surface area (Å²) in [5.74, 6) is -1.09. The molecule has 1 heterocycles. The van der Waals surface area contributed by atoms with Crippen molar-refractivity contribution in [1.29, 1.82) is 0 Å². The number of aromatic hydroxyl groups is 1. The highest BCUT2D eigenvalue weighted by molar-refractivity contribution is 6.05. The number of nitrogens with two attached hydrogens (primary N) is 1. The van der Waals surface area contributed by atoms with Gasteiger partial charge in [0.15, 0.2) is 5.69 Å². The van der Waals surface area contributed by atoms with Crippen LogP contribution in [0, 0.1) is 10.1 Å². The minimum absolute atomic E-state index is 0.0248. The molecule has 1 amide bonds. The van der Waals surface area contributed by atoms with Gasteiger partial charge in [0.05, 0.1) is 16.8 Å². The lowest BCUT2D eigenvalue weighted by atomic mass is 10.2. The molecule has 0 fully saturated rings. The third-order valence-electron chi connectivity index (χ3n) is 2.47. The number of nitrogens with zero attached hydrogens (tertiary/aromatic N) is 2. The van der Waals surface area contributed by atoms with Crippen LogP contribution in [0.4, 0.5) is 17.1 Å². The Hall–Kier alpha value is -3.16. The fraction of sp³-hybridized carbons (Fsp3) is 0. The Kier molecular flexibility index (Phi) is 3.47. The zero-order valence-corrected chi connectivity index (χ0v) is 10.1. The summed E-state index contributed by atoms with van der Waals surface area (Å²) in [5, 5.41) is 22.7. The number of carbonyl (C=O) groups excluding carboxylic acids is 1. The van der Waals surface area contributed by atoms with Crippen molar-refractivity contribution in [3.05, 3.63) is 52.3 Å². The van der Waals surface area contributed by atoms with Crippen molar-refractivity contribution in [3.63, 3.8) is 0 Å². The number of aromatic nitrogens is 1. The SMILES string of the molecule is Nc1ccc(C(=O)Nc2c(O)cccc2[N+](=O)[O-])nc1. The number of benzene rings is 1. The molecule has 1 aromatic heterocycles. The predicted octanol–water partition coefficient (Wildman–Crippen LogP) is 1.53. The van der Waals surface area contributed by atoms with Gasteiger partial charge in [-0.1, -0.05) is 6.07 Å². The molecular weight excluding hydrogens is 264 g/mol. The maximum atomic E-state index is 11.9. The van der Waals surface area contributed by atoms with Gasteiger partial charge in [-0.25, -0.2) is 4.98 Å². The molecule has 20 heavy (non-hydrogen) atoms. The van der Waals surface area contributed by atoms with Crippen LogP contribution in [0.1, 0.15) is 10.5 Å². The van der Waals surface area contributed by atoms with Crippen LogP contribution in [0.25, 0.3) is 0 Å². The van der Waals surface area contributed by atoms with E-state index in [1.54, 1.807) is 0 Å². The smallest absolute Gasteiger partial charge is 0.296 e. The van der Waals surface area contributed by atoms with Crippen LogP contribution >= 0.6 is 0 Å². The molecule has 8 nitrogen and oxygen atoms in total. The number of nitrogen functional groups attached to an aromatic ring is 1. The minimum atomic E-state index is -0.703. The zero-order chi connectivity index (χ0) is 14.7. The van der Waals surface area contributed by atoms with Crippen molar-refractivity contribution in [3.8, 4) is 5.75 Å². The first-order chi connectivity index (χ1) is 9.49. The van der Waals surface area contributed by atoms with Crippen LogP contribution in [-0.4, -0.2) is 20.9 Å². The van der Waals surface area contributed by atoms with E-state index in [0.717, 1.165) is 0 Å². The Morgan fingerprint density at radius 1 is 1.35 bits per heavy atom. The van der Waals surface area contributed by atoms with Gasteiger partial charge < -0.3 is 16.2 Å². The molecule has 8 heteroatoms. The summed E-state index contributed by atoms with van der Waals surface area (Å²) < 4.78 is 0. The van der Waals surface area contributed by atoms with E-state index in [-0.39, 0.29) is 11.4 Å². The van der Waals surface area contributed by atoms with Crippen molar-refractivity contribution >= 4 is 23.0 Å². The summed E-state index contributed by atoms with van der Waals surface area (Å²) in [6.07, 6.45) is 1.29. The lowest BCUT2D eigenvalue weighted by Crippen LogP contribution is -2.14. The average Bonchev–Trinajstić information content (AvgIpc) is 2.41. The van der Waals surface area contributed by atoms with E-state index in [2.05, 4.69) is 10.3 Å². The topological polar surface area (TPSA) is 131 Å². The maximum absolute atomic E-state index is 11.9. The average molecular weight is 274 g/mol. The molecule has 0 atom stereocenters. The van der Waals surface area contributed by atoms with Crippen LogP contribution < -0.4 is 11.1 Å². The van der Waals surface area contributed by atoms with Gasteiger partial charge in [-0.05, 0) is 18.2 Å². The molecule has 0 radical (unpaired) electrons. The highest BCUT2D eigenvalue weighted by Gasteiger charge is 2.20. The third kappa shape index (κ3) is 2.64. The summed E-state index contributed by atoms with van der Waals surface area (Å²) >= 11 is 0.